The van der Waals surface area contributed by atoms with Gasteiger partial charge in [0.1, 0.15) is 0 Å². The SMILES string of the molecule is Cc1cccc(Cl)c1NC(=O)CC(C)(C)N. The van der Waals surface area contributed by atoms with Gasteiger partial charge in [0.25, 0.3) is 0 Å². The molecule has 0 spiro atoms. The summed E-state index contributed by atoms with van der Waals surface area (Å²) in [6.45, 7) is 5.52. The molecule has 16 heavy (non-hydrogen) atoms. The molecule has 1 amide bonds. The van der Waals surface area contributed by atoms with E-state index in [0.717, 1.165) is 5.56 Å². The second kappa shape index (κ2) is 4.85. The predicted molar refractivity (Wildman–Crippen MR) is 67.7 cm³/mol. The lowest BCUT2D eigenvalue weighted by atomic mass is 10.0. The highest BCUT2D eigenvalue weighted by molar-refractivity contribution is 6.33. The maximum atomic E-state index is 11.7. The maximum Gasteiger partial charge on any atom is 0.226 e. The highest BCUT2D eigenvalue weighted by atomic mass is 35.5. The topological polar surface area (TPSA) is 55.1 Å². The van der Waals surface area contributed by atoms with Gasteiger partial charge in [-0.25, -0.2) is 0 Å². The number of benzene rings is 1. The van der Waals surface area contributed by atoms with Crippen molar-refractivity contribution in [3.63, 3.8) is 0 Å². The van der Waals surface area contributed by atoms with E-state index < -0.39 is 5.54 Å². The number of nitrogens with two attached hydrogens (primary N) is 1. The zero-order chi connectivity index (χ0) is 12.3. The Morgan fingerprint density at radius 3 is 2.62 bits per heavy atom. The summed E-state index contributed by atoms with van der Waals surface area (Å²) in [6, 6.07) is 5.49. The van der Waals surface area contributed by atoms with E-state index in [2.05, 4.69) is 5.32 Å². The summed E-state index contributed by atoms with van der Waals surface area (Å²) < 4.78 is 0. The van der Waals surface area contributed by atoms with Crippen molar-refractivity contribution >= 4 is 23.2 Å². The normalized spacial score (nSPS) is 11.3. The van der Waals surface area contributed by atoms with E-state index in [4.69, 9.17) is 17.3 Å². The molecule has 1 aromatic rings. The molecule has 0 aliphatic carbocycles. The Kier molecular flexibility index (Phi) is 3.94. The minimum atomic E-state index is -0.515. The Morgan fingerprint density at radius 1 is 1.50 bits per heavy atom. The fourth-order valence-corrected chi connectivity index (χ4v) is 1.66. The van der Waals surface area contributed by atoms with Crippen LogP contribution in [0.25, 0.3) is 0 Å². The summed E-state index contributed by atoms with van der Waals surface area (Å²) in [4.78, 5) is 11.7. The first-order valence-corrected chi connectivity index (χ1v) is 5.51. The second-order valence-corrected chi connectivity index (χ2v) is 5.05. The number of para-hydroxylation sites is 1. The fraction of sp³-hybridized carbons (Fsp3) is 0.417. The Balaban J connectivity index is 2.78. The molecule has 0 atom stereocenters. The minimum absolute atomic E-state index is 0.122. The third-order valence-electron chi connectivity index (χ3n) is 2.10. The number of aryl methyl sites for hydroxylation is 1. The van der Waals surface area contributed by atoms with Crippen molar-refractivity contribution in [2.75, 3.05) is 5.32 Å². The van der Waals surface area contributed by atoms with Gasteiger partial charge in [0.15, 0.2) is 0 Å². The molecule has 88 valence electrons. The number of hydrogen-bond acceptors (Lipinski definition) is 2. The van der Waals surface area contributed by atoms with Gasteiger partial charge in [0, 0.05) is 12.0 Å². The zero-order valence-electron chi connectivity index (χ0n) is 9.80. The number of carbonyl (C=O) groups is 1. The largest absolute Gasteiger partial charge is 0.325 e. The Labute approximate surface area is 101 Å². The van der Waals surface area contributed by atoms with Gasteiger partial charge in [0.2, 0.25) is 5.91 Å². The lowest BCUT2D eigenvalue weighted by Gasteiger charge is -2.18. The molecule has 0 bridgehead atoms. The lowest BCUT2D eigenvalue weighted by Crippen LogP contribution is -2.36. The van der Waals surface area contributed by atoms with Gasteiger partial charge in [-0.15, -0.1) is 0 Å². The van der Waals surface area contributed by atoms with Crippen LogP contribution in [0.1, 0.15) is 25.8 Å². The smallest absolute Gasteiger partial charge is 0.226 e. The van der Waals surface area contributed by atoms with Gasteiger partial charge in [-0.05, 0) is 32.4 Å². The van der Waals surface area contributed by atoms with Crippen molar-refractivity contribution in [2.24, 2.45) is 5.73 Å². The van der Waals surface area contributed by atoms with E-state index in [1.54, 1.807) is 6.07 Å². The Hall–Kier alpha value is -1.06. The van der Waals surface area contributed by atoms with E-state index >= 15 is 0 Å². The molecule has 4 heteroatoms. The molecule has 0 aliphatic rings. The molecule has 3 N–H and O–H groups in total. The van der Waals surface area contributed by atoms with Crippen molar-refractivity contribution in [1.82, 2.24) is 0 Å². The number of hydrogen-bond donors (Lipinski definition) is 2. The number of carbonyl (C=O) groups excluding carboxylic acids is 1. The molecule has 0 aliphatic heterocycles. The molecule has 1 aromatic carbocycles. The molecule has 0 unspecified atom stereocenters. The minimum Gasteiger partial charge on any atom is -0.325 e. The first-order chi connectivity index (χ1) is 7.29. The highest BCUT2D eigenvalue weighted by Crippen LogP contribution is 2.25. The molecule has 1 rings (SSSR count). The van der Waals surface area contributed by atoms with Crippen LogP contribution in [0, 0.1) is 6.92 Å². The van der Waals surface area contributed by atoms with E-state index in [1.165, 1.54) is 0 Å². The average Bonchev–Trinajstić information content (AvgIpc) is 2.08. The Bertz CT molecular complexity index is 376. The molecule has 0 radical (unpaired) electrons. The molecule has 3 nitrogen and oxygen atoms in total. The van der Waals surface area contributed by atoms with E-state index in [1.807, 2.05) is 32.9 Å². The maximum absolute atomic E-state index is 11.7. The van der Waals surface area contributed by atoms with Crippen LogP contribution in [-0.4, -0.2) is 11.4 Å². The summed E-state index contributed by atoms with van der Waals surface area (Å²) in [6.07, 6.45) is 0.262. The quantitative estimate of drug-likeness (QED) is 0.854. The fourth-order valence-electron chi connectivity index (χ4n) is 1.39. The second-order valence-electron chi connectivity index (χ2n) is 4.65. The van der Waals surface area contributed by atoms with Crippen molar-refractivity contribution < 1.29 is 4.79 Å². The van der Waals surface area contributed by atoms with Gasteiger partial charge in [-0.3, -0.25) is 4.79 Å². The van der Waals surface area contributed by atoms with Gasteiger partial charge in [-0.1, -0.05) is 23.7 Å². The van der Waals surface area contributed by atoms with Crippen LogP contribution >= 0.6 is 11.6 Å². The van der Waals surface area contributed by atoms with Gasteiger partial charge in [-0.2, -0.15) is 0 Å². The first kappa shape index (κ1) is 13.0. The number of halogens is 1. The number of amides is 1. The first-order valence-electron chi connectivity index (χ1n) is 5.13. The molecule has 0 fully saturated rings. The lowest BCUT2D eigenvalue weighted by molar-refractivity contribution is -0.117. The summed E-state index contributed by atoms with van der Waals surface area (Å²) >= 11 is 6.00. The summed E-state index contributed by atoms with van der Waals surface area (Å²) in [5.74, 6) is -0.122. The highest BCUT2D eigenvalue weighted by Gasteiger charge is 2.17. The van der Waals surface area contributed by atoms with Crippen molar-refractivity contribution in [3.05, 3.63) is 28.8 Å². The number of rotatable bonds is 3. The van der Waals surface area contributed by atoms with Gasteiger partial charge in [0.05, 0.1) is 10.7 Å². The van der Waals surface area contributed by atoms with E-state index in [9.17, 15) is 4.79 Å². The summed E-state index contributed by atoms with van der Waals surface area (Å²) in [5, 5.41) is 3.33. The van der Waals surface area contributed by atoms with Crippen LogP contribution < -0.4 is 11.1 Å². The molecule has 0 heterocycles. The van der Waals surface area contributed by atoms with Crippen LogP contribution in [0.2, 0.25) is 5.02 Å². The molecule has 0 saturated heterocycles. The van der Waals surface area contributed by atoms with E-state index in [-0.39, 0.29) is 12.3 Å². The zero-order valence-corrected chi connectivity index (χ0v) is 10.6. The van der Waals surface area contributed by atoms with Gasteiger partial charge >= 0.3 is 0 Å². The predicted octanol–water partition coefficient (Wildman–Crippen LogP) is 2.71. The van der Waals surface area contributed by atoms with Crippen LogP contribution in [0.5, 0.6) is 0 Å². The third kappa shape index (κ3) is 3.83. The van der Waals surface area contributed by atoms with E-state index in [0.29, 0.717) is 10.7 Å². The van der Waals surface area contributed by atoms with Gasteiger partial charge < -0.3 is 11.1 Å². The van der Waals surface area contributed by atoms with Crippen LogP contribution in [0.15, 0.2) is 18.2 Å². The summed E-state index contributed by atoms with van der Waals surface area (Å²) in [7, 11) is 0. The van der Waals surface area contributed by atoms with Crippen molar-refractivity contribution in [2.45, 2.75) is 32.7 Å². The monoisotopic (exact) mass is 240 g/mol. The van der Waals surface area contributed by atoms with Crippen LogP contribution in [-0.2, 0) is 4.79 Å². The van der Waals surface area contributed by atoms with Crippen molar-refractivity contribution in [3.8, 4) is 0 Å². The number of anilines is 1. The van der Waals surface area contributed by atoms with Crippen molar-refractivity contribution in [1.29, 1.82) is 0 Å². The standard InChI is InChI=1S/C12H17ClN2O/c1-8-5-4-6-9(13)11(8)15-10(16)7-12(2,3)14/h4-6H,7,14H2,1-3H3,(H,15,16). The molecular formula is C12H17ClN2O. The summed E-state index contributed by atoms with van der Waals surface area (Å²) in [5.41, 5.74) is 6.86. The average molecular weight is 241 g/mol. The van der Waals surface area contributed by atoms with Crippen LogP contribution in [0.4, 0.5) is 5.69 Å². The number of nitrogens with one attached hydrogen (secondary N) is 1. The molecular weight excluding hydrogens is 224 g/mol. The Morgan fingerprint density at radius 2 is 2.12 bits per heavy atom. The molecule has 0 saturated carbocycles. The molecule has 0 aromatic heterocycles. The third-order valence-corrected chi connectivity index (χ3v) is 2.42. The van der Waals surface area contributed by atoms with Crippen LogP contribution in [0.3, 0.4) is 0 Å².